The molecule has 13 heteroatoms. The van der Waals surface area contributed by atoms with Crippen LogP contribution in [0.25, 0.3) is 0 Å². The van der Waals surface area contributed by atoms with E-state index in [9.17, 15) is 29.1 Å². The van der Waals surface area contributed by atoms with Crippen LogP contribution in [-0.4, -0.2) is 56.6 Å². The van der Waals surface area contributed by atoms with Crippen molar-refractivity contribution in [3.63, 3.8) is 0 Å². The van der Waals surface area contributed by atoms with E-state index in [4.69, 9.17) is 4.74 Å². The van der Waals surface area contributed by atoms with Gasteiger partial charge < -0.3 is 30.4 Å². The predicted molar refractivity (Wildman–Crippen MR) is 167 cm³/mol. The van der Waals surface area contributed by atoms with E-state index in [2.05, 4.69) is 33.9 Å². The summed E-state index contributed by atoms with van der Waals surface area (Å²) in [6.45, 7) is 5.64. The third-order valence-corrected chi connectivity index (χ3v) is 8.13. The second kappa shape index (κ2) is 13.9. The number of anilines is 1. The number of rotatable bonds is 12. The highest BCUT2D eigenvalue weighted by Crippen LogP contribution is 2.37. The molecule has 2 heterocycles. The molecule has 1 aliphatic carbocycles. The lowest BCUT2D eigenvalue weighted by molar-refractivity contribution is -0.137. The van der Waals surface area contributed by atoms with Crippen molar-refractivity contribution in [1.29, 1.82) is 0 Å². The maximum atomic E-state index is 13.9. The third-order valence-electron chi connectivity index (χ3n) is 7.62. The van der Waals surface area contributed by atoms with Gasteiger partial charge in [0, 0.05) is 25.2 Å². The fourth-order valence-electron chi connectivity index (χ4n) is 5.09. The van der Waals surface area contributed by atoms with Gasteiger partial charge in [0.1, 0.15) is 17.3 Å². The van der Waals surface area contributed by atoms with Crippen molar-refractivity contribution in [3.8, 4) is 0 Å². The van der Waals surface area contributed by atoms with Gasteiger partial charge in [0.2, 0.25) is 16.7 Å². The van der Waals surface area contributed by atoms with Crippen molar-refractivity contribution in [3.05, 3.63) is 64.6 Å². The number of thiol groups is 1. The Labute approximate surface area is 261 Å². The lowest BCUT2D eigenvalue weighted by Crippen LogP contribution is -2.59. The van der Waals surface area contributed by atoms with E-state index in [1.807, 2.05) is 30.3 Å². The van der Waals surface area contributed by atoms with Crippen LogP contribution in [0, 0.1) is 11.8 Å². The summed E-state index contributed by atoms with van der Waals surface area (Å²) in [5.74, 6) is -2.08. The van der Waals surface area contributed by atoms with Gasteiger partial charge in [-0.25, -0.2) is 4.79 Å². The molecule has 2 aromatic rings. The monoisotopic (exact) mass is 627 g/mol. The fraction of sp³-hybridized carbons (Fsp3) is 0.516. The maximum absolute atomic E-state index is 13.9. The number of nitrogens with one attached hydrogen (secondary N) is 4. The Balaban J connectivity index is 1.58. The topological polar surface area (TPSA) is 168 Å². The minimum Gasteiger partial charge on any atom is -0.444 e. The highest BCUT2D eigenvalue weighted by Gasteiger charge is 2.45. The maximum Gasteiger partial charge on any atom is 0.412 e. The Bertz CT molecular complexity index is 1420. The van der Waals surface area contributed by atoms with Gasteiger partial charge in [-0.2, -0.15) is 0 Å². The van der Waals surface area contributed by atoms with Crippen molar-refractivity contribution in [2.24, 2.45) is 11.8 Å². The van der Waals surface area contributed by atoms with E-state index in [0.29, 0.717) is 19.4 Å². The number of hydrogen-bond acceptors (Lipinski definition) is 8. The molecule has 1 saturated carbocycles. The molecule has 2 fully saturated rings. The lowest BCUT2D eigenvalue weighted by atomic mass is 9.93. The van der Waals surface area contributed by atoms with E-state index in [1.54, 1.807) is 20.8 Å². The number of benzene rings is 1. The first-order valence-corrected chi connectivity index (χ1v) is 15.3. The molecule has 1 saturated heterocycles. The molecule has 238 valence electrons. The summed E-state index contributed by atoms with van der Waals surface area (Å²) in [4.78, 5) is 63.1. The summed E-state index contributed by atoms with van der Waals surface area (Å²) >= 11 is 4.31. The van der Waals surface area contributed by atoms with Gasteiger partial charge in [0.05, 0.1) is 6.04 Å². The molecule has 4 amide bonds. The van der Waals surface area contributed by atoms with Crippen LogP contribution in [0.4, 0.5) is 10.5 Å². The van der Waals surface area contributed by atoms with Crippen LogP contribution in [0.15, 0.2) is 53.5 Å². The largest absolute Gasteiger partial charge is 0.444 e. The molecular formula is C31H41N5O7S. The van der Waals surface area contributed by atoms with E-state index < -0.39 is 52.0 Å². The molecule has 1 aliphatic heterocycles. The molecule has 44 heavy (non-hydrogen) atoms. The van der Waals surface area contributed by atoms with Crippen LogP contribution >= 0.6 is 12.6 Å². The number of carbonyl (C=O) groups excluding carboxylic acids is 4. The van der Waals surface area contributed by atoms with Gasteiger partial charge in [-0.05, 0) is 63.6 Å². The number of hydrogen-bond donors (Lipinski definition) is 6. The van der Waals surface area contributed by atoms with E-state index in [0.717, 1.165) is 18.4 Å². The molecule has 0 unspecified atom stereocenters. The van der Waals surface area contributed by atoms with Crippen molar-refractivity contribution in [2.45, 2.75) is 82.0 Å². The Morgan fingerprint density at radius 3 is 2.39 bits per heavy atom. The number of ether oxygens (including phenoxy) is 1. The number of pyridine rings is 1. The number of aromatic nitrogens is 1. The molecule has 1 aromatic heterocycles. The second-order valence-electron chi connectivity index (χ2n) is 12.4. The van der Waals surface area contributed by atoms with Crippen LogP contribution < -0.4 is 26.8 Å². The highest BCUT2D eigenvalue weighted by molar-refractivity contribution is 7.82. The summed E-state index contributed by atoms with van der Waals surface area (Å²) < 4.78 is 6.50. The van der Waals surface area contributed by atoms with Crippen LogP contribution in [0.2, 0.25) is 0 Å². The first-order valence-electron chi connectivity index (χ1n) is 14.8. The minimum absolute atomic E-state index is 0.0540. The minimum atomic E-state index is -2.39. The predicted octanol–water partition coefficient (Wildman–Crippen LogP) is 2.48. The Kier molecular flexibility index (Phi) is 10.4. The van der Waals surface area contributed by atoms with Gasteiger partial charge in [0.25, 0.3) is 11.5 Å². The highest BCUT2D eigenvalue weighted by atomic mass is 32.1. The van der Waals surface area contributed by atoms with Gasteiger partial charge in [-0.15, -0.1) is 12.6 Å². The summed E-state index contributed by atoms with van der Waals surface area (Å²) in [7, 11) is 0. The number of carbonyl (C=O) groups is 4. The van der Waals surface area contributed by atoms with E-state index >= 15 is 0 Å². The standard InChI is InChI=1S/C31H41N5O7S/c1-30(2,3)43-29(41)34-22-10-7-15-36(27(22)39)23(16-19-11-12-19)26(38)35-24(17-21-13-14-32-25(21)37)31(42,44)28(40)33-18-20-8-5-4-6-9-20/h4-10,15,19,21,23-24,42,44H,11-14,16-18H2,1-3H3,(H,32,37)(H,33,40)(H,34,41)(H,35,38)/t21-,23-,24-,31+/m0/s1. The average Bonchev–Trinajstić information content (AvgIpc) is 3.69. The first kappa shape index (κ1) is 33.1. The fourth-order valence-corrected chi connectivity index (χ4v) is 5.34. The first-order chi connectivity index (χ1) is 20.7. The number of aliphatic hydroxyl groups is 1. The van der Waals surface area contributed by atoms with Crippen molar-refractivity contribution in [1.82, 2.24) is 20.5 Å². The van der Waals surface area contributed by atoms with Gasteiger partial charge >= 0.3 is 6.09 Å². The zero-order valence-corrected chi connectivity index (χ0v) is 26.1. The molecule has 1 aromatic carbocycles. The van der Waals surface area contributed by atoms with Gasteiger partial charge in [-0.3, -0.25) is 24.5 Å². The lowest BCUT2D eigenvalue weighted by Gasteiger charge is -2.34. The van der Waals surface area contributed by atoms with Crippen LogP contribution in [0.5, 0.6) is 0 Å². The molecule has 4 atom stereocenters. The molecule has 12 nitrogen and oxygen atoms in total. The molecule has 0 radical (unpaired) electrons. The average molecular weight is 628 g/mol. The number of amides is 4. The Morgan fingerprint density at radius 1 is 1.07 bits per heavy atom. The van der Waals surface area contributed by atoms with Crippen molar-refractivity contribution < 1.29 is 29.0 Å². The Morgan fingerprint density at radius 2 is 1.77 bits per heavy atom. The van der Waals surface area contributed by atoms with Crippen LogP contribution in [0.1, 0.15) is 64.5 Å². The smallest absolute Gasteiger partial charge is 0.412 e. The van der Waals surface area contributed by atoms with Crippen LogP contribution in [0.3, 0.4) is 0 Å². The molecule has 0 spiro atoms. The summed E-state index contributed by atoms with van der Waals surface area (Å²) in [6, 6.07) is 9.75. The summed E-state index contributed by atoms with van der Waals surface area (Å²) in [5, 5.41) is 22.0. The third kappa shape index (κ3) is 8.85. The molecule has 4 rings (SSSR count). The second-order valence-corrected chi connectivity index (χ2v) is 13.1. The Hall–Kier alpha value is -3.84. The normalized spacial score (nSPS) is 19.2. The van der Waals surface area contributed by atoms with E-state index in [1.165, 1.54) is 22.9 Å². The van der Waals surface area contributed by atoms with Gasteiger partial charge in [-0.1, -0.05) is 43.2 Å². The quantitative estimate of drug-likeness (QED) is 0.155. The van der Waals surface area contributed by atoms with Crippen molar-refractivity contribution in [2.75, 3.05) is 11.9 Å². The SMILES string of the molecule is CC(C)(C)OC(=O)Nc1cccn([C@@H](CC2CC2)C(=O)N[C@@H](C[C@@H]2CCNC2=O)[C@@](O)(S)C(=O)NCc2ccccc2)c1=O. The molecule has 0 bridgehead atoms. The molecular weight excluding hydrogens is 586 g/mol. The zero-order chi connectivity index (χ0) is 32.1. The summed E-state index contributed by atoms with van der Waals surface area (Å²) in [5.41, 5.74) is -0.674. The van der Waals surface area contributed by atoms with Crippen molar-refractivity contribution >= 4 is 42.1 Å². The van der Waals surface area contributed by atoms with Gasteiger partial charge in [0.15, 0.2) is 0 Å². The molecule has 2 aliphatic rings. The summed E-state index contributed by atoms with van der Waals surface area (Å²) in [6.07, 6.45) is 3.15. The zero-order valence-electron chi connectivity index (χ0n) is 25.2. The number of nitrogens with zero attached hydrogens (tertiary/aromatic N) is 1. The van der Waals surface area contributed by atoms with Crippen LogP contribution in [-0.2, 0) is 25.7 Å². The van der Waals surface area contributed by atoms with E-state index in [-0.39, 0.29) is 30.5 Å². The molecule has 5 N–H and O–H groups in total.